The molecule has 0 spiro atoms. The molecule has 1 aliphatic heterocycles. The lowest BCUT2D eigenvalue weighted by atomic mass is 9.92. The van der Waals surface area contributed by atoms with Crippen molar-refractivity contribution in [1.82, 2.24) is 15.2 Å². The van der Waals surface area contributed by atoms with Gasteiger partial charge in [-0.3, -0.25) is 14.7 Å². The maximum atomic E-state index is 13.1. The molecule has 1 atom stereocenters. The monoisotopic (exact) mass is 313 g/mol. The average Bonchev–Trinajstić information content (AvgIpc) is 2.77. The second kappa shape index (κ2) is 5.79. The Kier molecular flexibility index (Phi) is 3.82. The fourth-order valence-corrected chi connectivity index (χ4v) is 2.65. The van der Waals surface area contributed by atoms with Crippen LogP contribution in [-0.2, 0) is 16.8 Å². The molecule has 1 fully saturated rings. The molecule has 23 heavy (non-hydrogen) atoms. The number of aromatic nitrogens is 1. The molecule has 2 heterocycles. The number of imide groups is 1. The summed E-state index contributed by atoms with van der Waals surface area (Å²) in [6, 6.07) is 10.6. The van der Waals surface area contributed by atoms with Gasteiger partial charge in [-0.2, -0.15) is 0 Å². The van der Waals surface area contributed by atoms with Crippen molar-refractivity contribution in [2.24, 2.45) is 0 Å². The van der Waals surface area contributed by atoms with Crippen LogP contribution in [0.2, 0.25) is 0 Å². The zero-order valence-corrected chi connectivity index (χ0v) is 12.6. The molecule has 0 radical (unpaired) electrons. The van der Waals surface area contributed by atoms with E-state index in [2.05, 4.69) is 10.3 Å². The van der Waals surface area contributed by atoms with E-state index < -0.39 is 11.6 Å². The fraction of sp³-hybridized carbons (Fsp3) is 0.235. The normalized spacial score (nSPS) is 20.7. The second-order valence-electron chi connectivity index (χ2n) is 5.59. The van der Waals surface area contributed by atoms with Crippen molar-refractivity contribution in [3.63, 3.8) is 0 Å². The van der Waals surface area contributed by atoms with Gasteiger partial charge in [0.15, 0.2) is 0 Å². The first-order valence-electron chi connectivity index (χ1n) is 7.31. The number of nitrogens with one attached hydrogen (secondary N) is 1. The Bertz CT molecular complexity index is 733. The van der Waals surface area contributed by atoms with E-state index in [-0.39, 0.29) is 18.3 Å². The van der Waals surface area contributed by atoms with E-state index in [4.69, 9.17) is 0 Å². The number of benzene rings is 1. The third-order valence-corrected chi connectivity index (χ3v) is 4.01. The maximum absolute atomic E-state index is 13.1. The Morgan fingerprint density at radius 2 is 1.91 bits per heavy atom. The van der Waals surface area contributed by atoms with Crippen molar-refractivity contribution in [3.8, 4) is 0 Å². The molecule has 3 amide bonds. The van der Waals surface area contributed by atoms with E-state index in [0.29, 0.717) is 12.0 Å². The largest absolute Gasteiger partial charge is 0.325 e. The zero-order chi connectivity index (χ0) is 16.4. The molecule has 3 rings (SSSR count). The standard InChI is InChI=1S/C17H16FN3O2/c1-17(12-5-7-13(18)8-6-12)15(22)21(16(23)20-17)11-9-14-4-2-3-10-19-14/h2-8,10H,9,11H2,1H3,(H,20,23). The van der Waals surface area contributed by atoms with E-state index in [1.807, 2.05) is 18.2 Å². The number of amides is 3. The van der Waals surface area contributed by atoms with Gasteiger partial charge in [0.2, 0.25) is 0 Å². The van der Waals surface area contributed by atoms with E-state index in [0.717, 1.165) is 5.69 Å². The van der Waals surface area contributed by atoms with Crippen molar-refractivity contribution in [2.75, 3.05) is 6.54 Å². The Morgan fingerprint density at radius 3 is 2.57 bits per heavy atom. The molecule has 6 heteroatoms. The van der Waals surface area contributed by atoms with Gasteiger partial charge in [-0.1, -0.05) is 18.2 Å². The predicted molar refractivity (Wildman–Crippen MR) is 81.9 cm³/mol. The highest BCUT2D eigenvalue weighted by molar-refractivity contribution is 6.07. The minimum Gasteiger partial charge on any atom is -0.319 e. The number of hydrogen-bond acceptors (Lipinski definition) is 3. The van der Waals surface area contributed by atoms with Crippen molar-refractivity contribution in [3.05, 3.63) is 65.7 Å². The Labute approximate surface area is 133 Å². The highest BCUT2D eigenvalue weighted by atomic mass is 19.1. The highest BCUT2D eigenvalue weighted by Gasteiger charge is 2.48. The molecule has 1 saturated heterocycles. The molecule has 0 bridgehead atoms. The van der Waals surface area contributed by atoms with Crippen LogP contribution in [0, 0.1) is 5.82 Å². The van der Waals surface area contributed by atoms with Gasteiger partial charge >= 0.3 is 6.03 Å². The first-order chi connectivity index (χ1) is 11.0. The molecule has 118 valence electrons. The van der Waals surface area contributed by atoms with Crippen LogP contribution in [-0.4, -0.2) is 28.4 Å². The Balaban J connectivity index is 1.78. The first kappa shape index (κ1) is 15.1. The molecule has 1 aromatic heterocycles. The summed E-state index contributed by atoms with van der Waals surface area (Å²) in [4.78, 5) is 30.2. The van der Waals surface area contributed by atoms with Gasteiger partial charge < -0.3 is 5.32 Å². The van der Waals surface area contributed by atoms with Crippen LogP contribution in [0.25, 0.3) is 0 Å². The van der Waals surface area contributed by atoms with Crippen LogP contribution in [0.5, 0.6) is 0 Å². The van der Waals surface area contributed by atoms with E-state index in [9.17, 15) is 14.0 Å². The topological polar surface area (TPSA) is 62.3 Å². The summed E-state index contributed by atoms with van der Waals surface area (Å²) in [7, 11) is 0. The third kappa shape index (κ3) is 2.79. The number of nitrogens with zero attached hydrogens (tertiary/aromatic N) is 2. The molecular weight excluding hydrogens is 297 g/mol. The Hall–Kier alpha value is -2.76. The number of pyridine rings is 1. The summed E-state index contributed by atoms with van der Waals surface area (Å²) >= 11 is 0. The number of carbonyl (C=O) groups is 2. The zero-order valence-electron chi connectivity index (χ0n) is 12.6. The molecule has 5 nitrogen and oxygen atoms in total. The van der Waals surface area contributed by atoms with Crippen molar-refractivity contribution in [2.45, 2.75) is 18.9 Å². The summed E-state index contributed by atoms with van der Waals surface area (Å²) in [6.07, 6.45) is 2.16. The lowest BCUT2D eigenvalue weighted by molar-refractivity contribution is -0.131. The summed E-state index contributed by atoms with van der Waals surface area (Å²) in [6.45, 7) is 1.87. The smallest absolute Gasteiger partial charge is 0.319 e. The maximum Gasteiger partial charge on any atom is 0.325 e. The first-order valence-corrected chi connectivity index (χ1v) is 7.31. The van der Waals surface area contributed by atoms with Gasteiger partial charge in [-0.25, -0.2) is 9.18 Å². The molecule has 1 aliphatic rings. The van der Waals surface area contributed by atoms with Crippen LogP contribution < -0.4 is 5.32 Å². The molecule has 1 N–H and O–H groups in total. The summed E-state index contributed by atoms with van der Waals surface area (Å²) in [5.41, 5.74) is 0.190. The third-order valence-electron chi connectivity index (χ3n) is 4.01. The minimum absolute atomic E-state index is 0.248. The van der Waals surface area contributed by atoms with E-state index in [1.165, 1.54) is 29.2 Å². The lowest BCUT2D eigenvalue weighted by Gasteiger charge is -2.22. The Morgan fingerprint density at radius 1 is 1.17 bits per heavy atom. The number of urea groups is 1. The minimum atomic E-state index is -1.17. The van der Waals surface area contributed by atoms with E-state index >= 15 is 0 Å². The van der Waals surface area contributed by atoms with E-state index in [1.54, 1.807) is 13.1 Å². The van der Waals surface area contributed by atoms with Crippen molar-refractivity contribution < 1.29 is 14.0 Å². The van der Waals surface area contributed by atoms with Gasteiger partial charge in [-0.15, -0.1) is 0 Å². The summed E-state index contributed by atoms with van der Waals surface area (Å²) in [5.74, 6) is -0.730. The lowest BCUT2D eigenvalue weighted by Crippen LogP contribution is -2.41. The highest BCUT2D eigenvalue weighted by Crippen LogP contribution is 2.28. The molecule has 0 saturated carbocycles. The van der Waals surface area contributed by atoms with Crippen LogP contribution in [0.15, 0.2) is 48.7 Å². The molecule has 2 aromatic rings. The van der Waals surface area contributed by atoms with Gasteiger partial charge in [0.1, 0.15) is 11.4 Å². The number of rotatable bonds is 4. The van der Waals surface area contributed by atoms with Gasteiger partial charge in [0, 0.05) is 24.9 Å². The van der Waals surface area contributed by atoms with Crippen LogP contribution >= 0.6 is 0 Å². The average molecular weight is 313 g/mol. The molecule has 0 aliphatic carbocycles. The van der Waals surface area contributed by atoms with Gasteiger partial charge in [0.05, 0.1) is 0 Å². The fourth-order valence-electron chi connectivity index (χ4n) is 2.65. The molecule has 1 unspecified atom stereocenters. The number of hydrogen-bond donors (Lipinski definition) is 1. The SMILES string of the molecule is CC1(c2ccc(F)cc2)NC(=O)N(CCc2ccccn2)C1=O. The molecular formula is C17H16FN3O2. The van der Waals surface area contributed by atoms with Crippen LogP contribution in [0.4, 0.5) is 9.18 Å². The predicted octanol–water partition coefficient (Wildman–Crippen LogP) is 2.23. The quantitative estimate of drug-likeness (QED) is 0.881. The second-order valence-corrected chi connectivity index (χ2v) is 5.59. The summed E-state index contributed by atoms with van der Waals surface area (Å²) in [5, 5.41) is 2.70. The number of halogens is 1. The van der Waals surface area contributed by atoms with Gasteiger partial charge in [-0.05, 0) is 36.8 Å². The van der Waals surface area contributed by atoms with Crippen molar-refractivity contribution >= 4 is 11.9 Å². The van der Waals surface area contributed by atoms with Crippen LogP contribution in [0.1, 0.15) is 18.2 Å². The summed E-state index contributed by atoms with van der Waals surface area (Å²) < 4.78 is 13.1. The van der Waals surface area contributed by atoms with Crippen LogP contribution in [0.3, 0.4) is 0 Å². The van der Waals surface area contributed by atoms with Crippen molar-refractivity contribution in [1.29, 1.82) is 0 Å². The number of carbonyl (C=O) groups excluding carboxylic acids is 2. The van der Waals surface area contributed by atoms with Gasteiger partial charge in [0.25, 0.3) is 5.91 Å². The molecule has 1 aromatic carbocycles.